The van der Waals surface area contributed by atoms with Crippen molar-refractivity contribution in [1.29, 1.82) is 0 Å². The van der Waals surface area contributed by atoms with Crippen molar-refractivity contribution < 1.29 is 4.74 Å². The van der Waals surface area contributed by atoms with E-state index in [-0.39, 0.29) is 0 Å². The van der Waals surface area contributed by atoms with E-state index in [9.17, 15) is 0 Å². The molecule has 0 radical (unpaired) electrons. The van der Waals surface area contributed by atoms with Gasteiger partial charge in [0.25, 0.3) is 0 Å². The second-order valence-electron chi connectivity index (χ2n) is 5.82. The monoisotopic (exact) mass is 265 g/mol. The van der Waals surface area contributed by atoms with E-state index in [4.69, 9.17) is 16.3 Å². The van der Waals surface area contributed by atoms with Crippen molar-refractivity contribution in [3.05, 3.63) is 33.8 Å². The average Bonchev–Trinajstić information content (AvgIpc) is 3.06. The SMILES string of the molecule is Cc1cc(Cl)cc(C)c1CC1CNC2(CC2)CO1. The molecule has 1 saturated heterocycles. The lowest BCUT2D eigenvalue weighted by molar-refractivity contribution is -0.00245. The molecule has 1 spiro atoms. The molecule has 1 aliphatic heterocycles. The Morgan fingerprint density at radius 3 is 2.50 bits per heavy atom. The highest BCUT2D eigenvalue weighted by Gasteiger charge is 2.45. The normalized spacial score (nSPS) is 25.4. The predicted octanol–water partition coefficient (Wildman–Crippen LogP) is 3.02. The number of hydrogen-bond acceptors (Lipinski definition) is 2. The Bertz CT molecular complexity index is 435. The van der Waals surface area contributed by atoms with Crippen molar-refractivity contribution in [2.75, 3.05) is 13.2 Å². The third kappa shape index (κ3) is 2.42. The maximum Gasteiger partial charge on any atom is 0.0741 e. The first-order valence-corrected chi connectivity index (χ1v) is 7.08. The molecule has 1 unspecified atom stereocenters. The maximum absolute atomic E-state index is 6.07. The van der Waals surface area contributed by atoms with Gasteiger partial charge >= 0.3 is 0 Å². The minimum Gasteiger partial charge on any atom is -0.375 e. The lowest BCUT2D eigenvalue weighted by Gasteiger charge is -2.31. The van der Waals surface area contributed by atoms with E-state index in [1.54, 1.807) is 0 Å². The standard InChI is InChI=1S/C15H20ClNO/c1-10-5-12(16)6-11(2)14(10)7-13-8-17-15(3-4-15)9-18-13/h5-6,13,17H,3-4,7-9H2,1-2H3. The van der Waals surface area contributed by atoms with Gasteiger partial charge in [-0.15, -0.1) is 0 Å². The van der Waals surface area contributed by atoms with Gasteiger partial charge < -0.3 is 10.1 Å². The predicted molar refractivity (Wildman–Crippen MR) is 74.3 cm³/mol. The van der Waals surface area contributed by atoms with Crippen molar-refractivity contribution in [2.24, 2.45) is 0 Å². The highest BCUT2D eigenvalue weighted by Crippen LogP contribution is 2.38. The van der Waals surface area contributed by atoms with Gasteiger partial charge in [0.1, 0.15) is 0 Å². The van der Waals surface area contributed by atoms with Gasteiger partial charge in [-0.2, -0.15) is 0 Å². The molecule has 1 heterocycles. The van der Waals surface area contributed by atoms with Crippen molar-refractivity contribution in [3.8, 4) is 0 Å². The molecule has 3 heteroatoms. The molecule has 18 heavy (non-hydrogen) atoms. The minimum atomic E-state index is 0.301. The van der Waals surface area contributed by atoms with Crippen LogP contribution in [0.4, 0.5) is 0 Å². The van der Waals surface area contributed by atoms with E-state index in [1.165, 1.54) is 29.5 Å². The summed E-state index contributed by atoms with van der Waals surface area (Å²) in [5, 5.41) is 4.47. The Morgan fingerprint density at radius 2 is 2.00 bits per heavy atom. The molecule has 1 aromatic carbocycles. The first kappa shape index (κ1) is 12.5. The van der Waals surface area contributed by atoms with Crippen molar-refractivity contribution in [1.82, 2.24) is 5.32 Å². The molecule has 2 nitrogen and oxygen atoms in total. The Hall–Kier alpha value is -0.570. The highest BCUT2D eigenvalue weighted by atomic mass is 35.5. The summed E-state index contributed by atoms with van der Waals surface area (Å²) in [5.74, 6) is 0. The topological polar surface area (TPSA) is 21.3 Å². The van der Waals surface area contributed by atoms with Crippen LogP contribution in [0.2, 0.25) is 5.02 Å². The summed E-state index contributed by atoms with van der Waals surface area (Å²) in [7, 11) is 0. The van der Waals surface area contributed by atoms with E-state index in [0.717, 1.165) is 24.6 Å². The van der Waals surface area contributed by atoms with Crippen molar-refractivity contribution >= 4 is 11.6 Å². The smallest absolute Gasteiger partial charge is 0.0741 e. The van der Waals surface area contributed by atoms with Crippen LogP contribution in [0.3, 0.4) is 0 Å². The summed E-state index contributed by atoms with van der Waals surface area (Å²) in [6.45, 7) is 6.12. The molecule has 3 rings (SSSR count). The van der Waals surface area contributed by atoms with Crippen LogP contribution in [-0.2, 0) is 11.2 Å². The van der Waals surface area contributed by atoms with Gasteiger partial charge in [-0.3, -0.25) is 0 Å². The molecule has 1 aromatic rings. The third-order valence-electron chi connectivity index (χ3n) is 4.25. The van der Waals surface area contributed by atoms with Crippen LogP contribution < -0.4 is 5.32 Å². The van der Waals surface area contributed by atoms with E-state index < -0.39 is 0 Å². The van der Waals surface area contributed by atoms with E-state index in [1.807, 2.05) is 12.1 Å². The second-order valence-corrected chi connectivity index (χ2v) is 6.25. The van der Waals surface area contributed by atoms with Crippen LogP contribution in [0.15, 0.2) is 12.1 Å². The number of aryl methyl sites for hydroxylation is 2. The zero-order valence-electron chi connectivity index (χ0n) is 11.1. The van der Waals surface area contributed by atoms with Gasteiger partial charge in [0.15, 0.2) is 0 Å². The van der Waals surface area contributed by atoms with Gasteiger partial charge in [-0.05, 0) is 55.5 Å². The van der Waals surface area contributed by atoms with Crippen LogP contribution in [0.5, 0.6) is 0 Å². The third-order valence-corrected chi connectivity index (χ3v) is 4.46. The fourth-order valence-electron chi connectivity index (χ4n) is 2.81. The van der Waals surface area contributed by atoms with Gasteiger partial charge in [0.05, 0.1) is 12.7 Å². The molecule has 1 N–H and O–H groups in total. The molecule has 98 valence electrons. The van der Waals surface area contributed by atoms with Crippen LogP contribution in [0.25, 0.3) is 0 Å². The van der Waals surface area contributed by atoms with Crippen molar-refractivity contribution in [2.45, 2.75) is 44.8 Å². The summed E-state index contributed by atoms with van der Waals surface area (Å²) in [6, 6.07) is 4.09. The number of morpholine rings is 1. The van der Waals surface area contributed by atoms with Crippen LogP contribution in [0.1, 0.15) is 29.5 Å². The van der Waals surface area contributed by atoms with Gasteiger partial charge in [-0.25, -0.2) is 0 Å². The van der Waals surface area contributed by atoms with Gasteiger partial charge in [0.2, 0.25) is 0 Å². The molecule has 0 amide bonds. The summed E-state index contributed by atoms with van der Waals surface area (Å²) in [5.41, 5.74) is 4.28. The number of halogens is 1. The van der Waals surface area contributed by atoms with Gasteiger partial charge in [-0.1, -0.05) is 11.6 Å². The van der Waals surface area contributed by atoms with Crippen molar-refractivity contribution in [3.63, 3.8) is 0 Å². The molecule has 1 atom stereocenters. The Labute approximate surface area is 114 Å². The number of nitrogens with one attached hydrogen (secondary N) is 1. The Morgan fingerprint density at radius 1 is 1.33 bits per heavy atom. The number of benzene rings is 1. The summed E-state index contributed by atoms with van der Waals surface area (Å²) >= 11 is 6.07. The molecular weight excluding hydrogens is 246 g/mol. The van der Waals surface area contributed by atoms with Gasteiger partial charge in [0, 0.05) is 23.5 Å². The number of rotatable bonds is 2. The second kappa shape index (κ2) is 4.52. The molecule has 0 aromatic heterocycles. The average molecular weight is 266 g/mol. The van der Waals surface area contributed by atoms with Crippen LogP contribution >= 0.6 is 11.6 Å². The fraction of sp³-hybridized carbons (Fsp3) is 0.600. The Balaban J connectivity index is 1.69. The number of hydrogen-bond donors (Lipinski definition) is 1. The largest absolute Gasteiger partial charge is 0.375 e. The Kier molecular flexibility index (Phi) is 3.13. The lowest BCUT2D eigenvalue weighted by atomic mass is 9.96. The molecule has 1 saturated carbocycles. The zero-order chi connectivity index (χ0) is 12.8. The van der Waals surface area contributed by atoms with E-state index in [0.29, 0.717) is 11.6 Å². The minimum absolute atomic E-state index is 0.301. The van der Waals surface area contributed by atoms with Crippen LogP contribution in [0, 0.1) is 13.8 Å². The molecule has 2 fully saturated rings. The number of ether oxygens (including phenoxy) is 1. The highest BCUT2D eigenvalue weighted by molar-refractivity contribution is 6.30. The lowest BCUT2D eigenvalue weighted by Crippen LogP contribution is -2.48. The zero-order valence-corrected chi connectivity index (χ0v) is 11.8. The van der Waals surface area contributed by atoms with E-state index in [2.05, 4.69) is 19.2 Å². The first-order chi connectivity index (χ1) is 8.58. The molecule has 0 bridgehead atoms. The van der Waals surface area contributed by atoms with Crippen LogP contribution in [-0.4, -0.2) is 24.8 Å². The molecule has 1 aliphatic carbocycles. The molecular formula is C15H20ClNO. The fourth-order valence-corrected chi connectivity index (χ4v) is 3.14. The molecule has 2 aliphatic rings. The summed E-state index contributed by atoms with van der Waals surface area (Å²) in [6.07, 6.45) is 3.84. The first-order valence-electron chi connectivity index (χ1n) is 6.70. The van der Waals surface area contributed by atoms with E-state index >= 15 is 0 Å². The summed E-state index contributed by atoms with van der Waals surface area (Å²) < 4.78 is 6.00. The summed E-state index contributed by atoms with van der Waals surface area (Å²) in [4.78, 5) is 0. The quantitative estimate of drug-likeness (QED) is 0.888. The maximum atomic E-state index is 6.07.